The molecule has 0 radical (unpaired) electrons. The number of rotatable bonds is 4. The SMILES string of the molecule is Cc1cc(C)cc(NC(=O)C(=O)Nc2ccccc2Oc2ccccc2)c1. The molecule has 0 bridgehead atoms. The molecule has 5 heteroatoms. The predicted molar refractivity (Wildman–Crippen MR) is 106 cm³/mol. The summed E-state index contributed by atoms with van der Waals surface area (Å²) in [4.78, 5) is 24.6. The molecule has 0 unspecified atom stereocenters. The van der Waals surface area contributed by atoms with Crippen LogP contribution in [0.2, 0.25) is 0 Å². The van der Waals surface area contributed by atoms with Gasteiger partial charge in [0, 0.05) is 5.69 Å². The van der Waals surface area contributed by atoms with Gasteiger partial charge in [-0.1, -0.05) is 36.4 Å². The molecule has 0 saturated heterocycles. The lowest BCUT2D eigenvalue weighted by molar-refractivity contribution is -0.133. The van der Waals surface area contributed by atoms with Gasteiger partial charge in [0.1, 0.15) is 5.75 Å². The van der Waals surface area contributed by atoms with E-state index in [4.69, 9.17) is 4.74 Å². The van der Waals surface area contributed by atoms with E-state index in [-0.39, 0.29) is 0 Å². The van der Waals surface area contributed by atoms with Crippen molar-refractivity contribution in [2.75, 3.05) is 10.6 Å². The average Bonchev–Trinajstić information content (AvgIpc) is 2.63. The van der Waals surface area contributed by atoms with Crippen molar-refractivity contribution in [1.29, 1.82) is 0 Å². The van der Waals surface area contributed by atoms with Crippen molar-refractivity contribution in [3.63, 3.8) is 0 Å². The second kappa shape index (κ2) is 8.19. The first-order chi connectivity index (χ1) is 13.0. The average molecular weight is 360 g/mol. The molecule has 0 atom stereocenters. The van der Waals surface area contributed by atoms with Gasteiger partial charge in [-0.15, -0.1) is 0 Å². The summed E-state index contributed by atoms with van der Waals surface area (Å²) in [5, 5.41) is 5.23. The van der Waals surface area contributed by atoms with E-state index in [0.29, 0.717) is 22.9 Å². The van der Waals surface area contributed by atoms with Crippen LogP contribution in [-0.2, 0) is 9.59 Å². The number of hydrogen-bond donors (Lipinski definition) is 2. The fourth-order valence-electron chi connectivity index (χ4n) is 2.69. The molecule has 3 aromatic carbocycles. The molecule has 0 saturated carbocycles. The van der Waals surface area contributed by atoms with Gasteiger partial charge in [-0.3, -0.25) is 9.59 Å². The molecule has 0 heterocycles. The molecule has 27 heavy (non-hydrogen) atoms. The Bertz CT molecular complexity index is 948. The summed E-state index contributed by atoms with van der Waals surface area (Å²) >= 11 is 0. The van der Waals surface area contributed by atoms with Crippen LogP contribution in [0.25, 0.3) is 0 Å². The third kappa shape index (κ3) is 4.95. The topological polar surface area (TPSA) is 67.4 Å². The molecule has 0 spiro atoms. The van der Waals surface area contributed by atoms with Crippen LogP contribution in [0.1, 0.15) is 11.1 Å². The maximum atomic E-state index is 12.3. The molecule has 0 aliphatic heterocycles. The van der Waals surface area contributed by atoms with Crippen molar-refractivity contribution in [3.8, 4) is 11.5 Å². The van der Waals surface area contributed by atoms with Crippen molar-refractivity contribution in [3.05, 3.63) is 83.9 Å². The Labute approximate surface area is 158 Å². The second-order valence-corrected chi connectivity index (χ2v) is 6.20. The van der Waals surface area contributed by atoms with Crippen molar-refractivity contribution in [1.82, 2.24) is 0 Å². The number of para-hydroxylation sites is 3. The molecular weight excluding hydrogens is 340 g/mol. The van der Waals surface area contributed by atoms with Gasteiger partial charge >= 0.3 is 11.8 Å². The number of anilines is 2. The molecule has 3 aromatic rings. The van der Waals surface area contributed by atoms with E-state index < -0.39 is 11.8 Å². The molecule has 0 aliphatic carbocycles. The van der Waals surface area contributed by atoms with Crippen LogP contribution in [0.3, 0.4) is 0 Å². The molecule has 2 N–H and O–H groups in total. The maximum absolute atomic E-state index is 12.3. The van der Waals surface area contributed by atoms with Gasteiger partial charge in [0.15, 0.2) is 5.75 Å². The summed E-state index contributed by atoms with van der Waals surface area (Å²) in [6.45, 7) is 3.86. The van der Waals surface area contributed by atoms with Gasteiger partial charge in [0.05, 0.1) is 5.69 Å². The van der Waals surface area contributed by atoms with Gasteiger partial charge in [0.2, 0.25) is 0 Å². The zero-order valence-corrected chi connectivity index (χ0v) is 15.2. The fraction of sp³-hybridized carbons (Fsp3) is 0.0909. The highest BCUT2D eigenvalue weighted by atomic mass is 16.5. The molecule has 0 fully saturated rings. The Kier molecular flexibility index (Phi) is 5.52. The number of carbonyl (C=O) groups is 2. The van der Waals surface area contributed by atoms with Gasteiger partial charge in [-0.05, 0) is 61.4 Å². The highest BCUT2D eigenvalue weighted by Gasteiger charge is 2.16. The van der Waals surface area contributed by atoms with Gasteiger partial charge in [0.25, 0.3) is 0 Å². The largest absolute Gasteiger partial charge is 0.455 e. The summed E-state index contributed by atoms with van der Waals surface area (Å²) < 4.78 is 5.79. The summed E-state index contributed by atoms with van der Waals surface area (Å²) in [7, 11) is 0. The normalized spacial score (nSPS) is 10.1. The minimum atomic E-state index is -0.765. The third-order valence-corrected chi connectivity index (χ3v) is 3.79. The fourth-order valence-corrected chi connectivity index (χ4v) is 2.69. The zero-order valence-electron chi connectivity index (χ0n) is 15.2. The summed E-state index contributed by atoms with van der Waals surface area (Å²) in [5.74, 6) is -0.414. The number of ether oxygens (including phenoxy) is 1. The Morgan fingerprint density at radius 2 is 1.33 bits per heavy atom. The monoisotopic (exact) mass is 360 g/mol. The first kappa shape index (κ1) is 18.2. The smallest absolute Gasteiger partial charge is 0.314 e. The summed E-state index contributed by atoms with van der Waals surface area (Å²) in [6, 6.07) is 21.8. The highest BCUT2D eigenvalue weighted by Crippen LogP contribution is 2.29. The van der Waals surface area contributed by atoms with Crippen molar-refractivity contribution in [2.24, 2.45) is 0 Å². The Hall–Kier alpha value is -3.60. The molecule has 136 valence electrons. The van der Waals surface area contributed by atoms with E-state index in [9.17, 15) is 9.59 Å². The standard InChI is InChI=1S/C22H20N2O3/c1-15-12-16(2)14-17(13-15)23-21(25)22(26)24-19-10-6-7-11-20(19)27-18-8-4-3-5-9-18/h3-14H,1-2H3,(H,23,25)(H,24,26). The number of nitrogens with one attached hydrogen (secondary N) is 2. The summed E-state index contributed by atoms with van der Waals surface area (Å²) in [6.07, 6.45) is 0. The van der Waals surface area contributed by atoms with Crippen LogP contribution < -0.4 is 15.4 Å². The first-order valence-corrected chi connectivity index (χ1v) is 8.54. The lowest BCUT2D eigenvalue weighted by Gasteiger charge is -2.12. The number of aryl methyl sites for hydroxylation is 2. The van der Waals surface area contributed by atoms with Crippen LogP contribution >= 0.6 is 0 Å². The van der Waals surface area contributed by atoms with Crippen LogP contribution in [0.4, 0.5) is 11.4 Å². The van der Waals surface area contributed by atoms with E-state index in [1.54, 1.807) is 24.3 Å². The number of carbonyl (C=O) groups excluding carboxylic acids is 2. The lowest BCUT2D eigenvalue weighted by Crippen LogP contribution is -2.29. The van der Waals surface area contributed by atoms with Gasteiger partial charge < -0.3 is 15.4 Å². The first-order valence-electron chi connectivity index (χ1n) is 8.54. The van der Waals surface area contributed by atoms with Crippen LogP contribution in [0, 0.1) is 13.8 Å². The van der Waals surface area contributed by atoms with Crippen LogP contribution in [0.5, 0.6) is 11.5 Å². The molecule has 0 aliphatic rings. The van der Waals surface area contributed by atoms with Crippen molar-refractivity contribution >= 4 is 23.2 Å². The Morgan fingerprint density at radius 3 is 2.04 bits per heavy atom. The molecule has 0 aromatic heterocycles. The van der Waals surface area contributed by atoms with Crippen LogP contribution in [-0.4, -0.2) is 11.8 Å². The summed E-state index contributed by atoms with van der Waals surface area (Å²) in [5.41, 5.74) is 3.02. The van der Waals surface area contributed by atoms with Crippen LogP contribution in [0.15, 0.2) is 72.8 Å². The third-order valence-electron chi connectivity index (χ3n) is 3.79. The predicted octanol–water partition coefficient (Wildman–Crippen LogP) is 4.67. The molecule has 5 nitrogen and oxygen atoms in total. The number of benzene rings is 3. The second-order valence-electron chi connectivity index (χ2n) is 6.20. The maximum Gasteiger partial charge on any atom is 0.314 e. The van der Waals surface area contributed by atoms with Gasteiger partial charge in [-0.25, -0.2) is 0 Å². The Morgan fingerprint density at radius 1 is 0.741 bits per heavy atom. The number of amides is 2. The van der Waals surface area contributed by atoms with Crippen molar-refractivity contribution < 1.29 is 14.3 Å². The van der Waals surface area contributed by atoms with Crippen molar-refractivity contribution in [2.45, 2.75) is 13.8 Å². The van der Waals surface area contributed by atoms with E-state index >= 15 is 0 Å². The van der Waals surface area contributed by atoms with Gasteiger partial charge in [-0.2, -0.15) is 0 Å². The lowest BCUT2D eigenvalue weighted by atomic mass is 10.1. The molecular formula is C22H20N2O3. The van der Waals surface area contributed by atoms with E-state index in [2.05, 4.69) is 10.6 Å². The molecule has 3 rings (SSSR count). The zero-order chi connectivity index (χ0) is 19.2. The molecule has 2 amide bonds. The highest BCUT2D eigenvalue weighted by molar-refractivity contribution is 6.43. The minimum Gasteiger partial charge on any atom is -0.455 e. The number of hydrogen-bond acceptors (Lipinski definition) is 3. The van der Waals surface area contributed by atoms with E-state index in [1.165, 1.54) is 0 Å². The quantitative estimate of drug-likeness (QED) is 0.664. The Balaban J connectivity index is 1.71. The minimum absolute atomic E-state index is 0.418. The van der Waals surface area contributed by atoms with E-state index in [0.717, 1.165) is 11.1 Å². The van der Waals surface area contributed by atoms with E-state index in [1.807, 2.05) is 62.4 Å².